The fourth-order valence-corrected chi connectivity index (χ4v) is 7.35. The van der Waals surface area contributed by atoms with Gasteiger partial charge < -0.3 is 23.7 Å². The average Bonchev–Trinajstić information content (AvgIpc) is 3.35. The summed E-state index contributed by atoms with van der Waals surface area (Å²) in [5.41, 5.74) is 2.80. The first-order valence-electron chi connectivity index (χ1n) is 15.0. The number of thiazole rings is 1. The fraction of sp³-hybridized carbons (Fsp3) is 0.286. The number of aromatic nitrogens is 1. The lowest BCUT2D eigenvalue weighted by molar-refractivity contribution is -0.139. The number of esters is 1. The molecule has 2 heterocycles. The molecule has 3 aromatic carbocycles. The molecule has 1 atom stereocenters. The molecule has 0 unspecified atom stereocenters. The van der Waals surface area contributed by atoms with E-state index in [9.17, 15) is 9.59 Å². The van der Waals surface area contributed by atoms with E-state index in [0.717, 1.165) is 19.2 Å². The highest BCUT2D eigenvalue weighted by atomic mass is 127. The van der Waals surface area contributed by atoms with Crippen molar-refractivity contribution >= 4 is 61.9 Å². The molecule has 0 spiro atoms. The maximum Gasteiger partial charge on any atom is 0.338 e. The van der Waals surface area contributed by atoms with E-state index in [1.54, 1.807) is 27.0 Å². The van der Waals surface area contributed by atoms with Gasteiger partial charge in [-0.05, 0) is 97.8 Å². The van der Waals surface area contributed by atoms with Crippen LogP contribution in [0.1, 0.15) is 50.4 Å². The fourth-order valence-electron chi connectivity index (χ4n) is 5.26. The molecule has 0 bridgehead atoms. The summed E-state index contributed by atoms with van der Waals surface area (Å²) < 4.78 is 33.1. The molecule has 0 saturated heterocycles. The molecule has 5 rings (SSSR count). The normalized spacial score (nSPS) is 14.4. The maximum atomic E-state index is 14.3. The molecular weight excluding hydrogens is 799 g/mol. The van der Waals surface area contributed by atoms with Gasteiger partial charge in [0.2, 0.25) is 0 Å². The molecule has 0 fully saturated rings. The van der Waals surface area contributed by atoms with Gasteiger partial charge in [-0.25, -0.2) is 9.79 Å². The number of ether oxygens (including phenoxy) is 5. The minimum Gasteiger partial charge on any atom is -0.493 e. The SMILES string of the molecule is CCOC(=O)C1=C(C)N=c2s/c(=C/c3cc(I)c(OCc4ccc(Br)cc4)c(OCC)c3)c(=O)n2[C@H]1c1cccc(OC)c1OCC. The first-order valence-corrected chi connectivity index (χ1v) is 17.7. The van der Waals surface area contributed by atoms with Crippen molar-refractivity contribution in [2.45, 2.75) is 40.3 Å². The van der Waals surface area contributed by atoms with Gasteiger partial charge in [0, 0.05) is 10.0 Å². The summed E-state index contributed by atoms with van der Waals surface area (Å²) in [5.74, 6) is 1.60. The second-order valence-corrected chi connectivity index (χ2v) is 13.4. The topological polar surface area (TPSA) is 97.6 Å². The number of hydrogen-bond acceptors (Lipinski definition) is 9. The van der Waals surface area contributed by atoms with Gasteiger partial charge in [-0.1, -0.05) is 51.5 Å². The third kappa shape index (κ3) is 7.44. The van der Waals surface area contributed by atoms with E-state index < -0.39 is 12.0 Å². The van der Waals surface area contributed by atoms with Crippen molar-refractivity contribution in [1.82, 2.24) is 4.57 Å². The Kier molecular flexibility index (Phi) is 11.5. The number of halogens is 2. The molecular formula is C35H34BrIN2O7S. The molecule has 9 nitrogen and oxygen atoms in total. The molecule has 246 valence electrons. The van der Waals surface area contributed by atoms with Crippen LogP contribution >= 0.6 is 49.9 Å². The number of para-hydroxylation sites is 1. The van der Waals surface area contributed by atoms with Gasteiger partial charge in [0.15, 0.2) is 27.8 Å². The van der Waals surface area contributed by atoms with Crippen molar-refractivity contribution in [3.63, 3.8) is 0 Å². The van der Waals surface area contributed by atoms with Crippen LogP contribution in [0.3, 0.4) is 0 Å². The highest BCUT2D eigenvalue weighted by Gasteiger charge is 2.36. The molecule has 0 aliphatic carbocycles. The van der Waals surface area contributed by atoms with Crippen molar-refractivity contribution < 1.29 is 28.5 Å². The molecule has 0 saturated carbocycles. The number of methoxy groups -OCH3 is 1. The first kappa shape index (κ1) is 34.7. The van der Waals surface area contributed by atoms with Crippen molar-refractivity contribution in [3.05, 3.63) is 110 Å². The number of carbonyl (C=O) groups excluding carboxylic acids is 1. The Balaban J connectivity index is 1.63. The van der Waals surface area contributed by atoms with Crippen LogP contribution in [-0.2, 0) is 16.1 Å². The molecule has 0 amide bonds. The summed E-state index contributed by atoms with van der Waals surface area (Å²) in [6.45, 7) is 8.61. The number of rotatable bonds is 12. The highest BCUT2D eigenvalue weighted by molar-refractivity contribution is 14.1. The van der Waals surface area contributed by atoms with Gasteiger partial charge >= 0.3 is 5.97 Å². The number of benzene rings is 3. The number of nitrogens with zero attached hydrogens (tertiary/aromatic N) is 2. The van der Waals surface area contributed by atoms with E-state index in [1.165, 1.54) is 15.9 Å². The lowest BCUT2D eigenvalue weighted by atomic mass is 9.94. The quantitative estimate of drug-likeness (QED) is 0.118. The van der Waals surface area contributed by atoms with Crippen molar-refractivity contribution in [1.29, 1.82) is 0 Å². The second kappa shape index (κ2) is 15.5. The summed E-state index contributed by atoms with van der Waals surface area (Å²) in [7, 11) is 1.55. The van der Waals surface area contributed by atoms with E-state index in [-0.39, 0.29) is 17.7 Å². The van der Waals surface area contributed by atoms with Crippen molar-refractivity contribution in [3.8, 4) is 23.0 Å². The van der Waals surface area contributed by atoms with Crippen LogP contribution in [0.5, 0.6) is 23.0 Å². The Labute approximate surface area is 298 Å². The summed E-state index contributed by atoms with van der Waals surface area (Å²) in [5, 5.41) is 0. The third-order valence-corrected chi connectivity index (χ3v) is 9.57. The Hall–Kier alpha value is -3.62. The minimum atomic E-state index is -0.849. The van der Waals surface area contributed by atoms with Crippen LogP contribution in [0.25, 0.3) is 6.08 Å². The monoisotopic (exact) mass is 832 g/mol. The van der Waals surface area contributed by atoms with Crippen LogP contribution in [-0.4, -0.2) is 37.5 Å². The van der Waals surface area contributed by atoms with E-state index in [0.29, 0.717) is 63.4 Å². The van der Waals surface area contributed by atoms with E-state index in [4.69, 9.17) is 28.7 Å². The Morgan fingerprint density at radius 2 is 1.74 bits per heavy atom. The van der Waals surface area contributed by atoms with E-state index in [2.05, 4.69) is 38.5 Å². The minimum absolute atomic E-state index is 0.173. The zero-order chi connectivity index (χ0) is 33.7. The number of allylic oxidation sites excluding steroid dienone is 1. The van der Waals surface area contributed by atoms with Crippen LogP contribution < -0.4 is 33.8 Å². The number of fused-ring (bicyclic) bond motifs is 1. The standard InChI is InChI=1S/C35H34BrIN2O7S/c1-6-43-27-17-22(16-25(37)32(27)46-19-21-12-14-23(36)15-13-21)18-28-33(40)39-30(24-10-9-11-26(42-5)31(24)44-7-2)29(34(41)45-8-3)20(4)38-35(39)47-28/h9-18,30H,6-8,19H2,1-5H3/b28-18+/t30-/m0/s1. The van der Waals surface area contributed by atoms with E-state index >= 15 is 0 Å². The molecule has 1 aromatic heterocycles. The Morgan fingerprint density at radius 1 is 1.00 bits per heavy atom. The molecule has 0 N–H and O–H groups in total. The zero-order valence-electron chi connectivity index (χ0n) is 26.6. The van der Waals surface area contributed by atoms with Crippen molar-refractivity contribution in [2.24, 2.45) is 4.99 Å². The lowest BCUT2D eigenvalue weighted by Crippen LogP contribution is -2.40. The molecule has 1 aliphatic heterocycles. The summed E-state index contributed by atoms with van der Waals surface area (Å²) in [6.07, 6.45) is 1.81. The molecule has 12 heteroatoms. The molecule has 1 aliphatic rings. The highest BCUT2D eigenvalue weighted by Crippen LogP contribution is 2.41. The number of carbonyl (C=O) groups is 1. The smallest absolute Gasteiger partial charge is 0.338 e. The van der Waals surface area contributed by atoms with Crippen LogP contribution in [0.15, 0.2) is 80.1 Å². The maximum absolute atomic E-state index is 14.3. The van der Waals surface area contributed by atoms with Gasteiger partial charge in [0.1, 0.15) is 12.6 Å². The number of hydrogen-bond donors (Lipinski definition) is 0. The van der Waals surface area contributed by atoms with Gasteiger partial charge in [-0.3, -0.25) is 9.36 Å². The van der Waals surface area contributed by atoms with Gasteiger partial charge in [0.25, 0.3) is 5.56 Å². The zero-order valence-corrected chi connectivity index (χ0v) is 31.2. The first-order chi connectivity index (χ1) is 22.7. The summed E-state index contributed by atoms with van der Waals surface area (Å²) >= 11 is 6.93. The average molecular weight is 834 g/mol. The van der Waals surface area contributed by atoms with Crippen LogP contribution in [0.4, 0.5) is 0 Å². The lowest BCUT2D eigenvalue weighted by Gasteiger charge is -2.26. The Morgan fingerprint density at radius 3 is 2.43 bits per heavy atom. The predicted molar refractivity (Wildman–Crippen MR) is 193 cm³/mol. The second-order valence-electron chi connectivity index (χ2n) is 10.3. The van der Waals surface area contributed by atoms with Crippen LogP contribution in [0, 0.1) is 3.57 Å². The van der Waals surface area contributed by atoms with E-state index in [1.807, 2.05) is 68.5 Å². The largest absolute Gasteiger partial charge is 0.493 e. The van der Waals surface area contributed by atoms with Crippen LogP contribution in [0.2, 0.25) is 0 Å². The van der Waals surface area contributed by atoms with Gasteiger partial charge in [0.05, 0.1) is 46.3 Å². The van der Waals surface area contributed by atoms with Gasteiger partial charge in [-0.15, -0.1) is 0 Å². The molecule has 4 aromatic rings. The Bertz CT molecular complexity index is 2000. The molecule has 47 heavy (non-hydrogen) atoms. The summed E-state index contributed by atoms with van der Waals surface area (Å²) in [6, 6.07) is 16.3. The predicted octanol–water partition coefficient (Wildman–Crippen LogP) is 6.55. The molecule has 0 radical (unpaired) electrons. The van der Waals surface area contributed by atoms with Crippen molar-refractivity contribution in [2.75, 3.05) is 26.9 Å². The third-order valence-electron chi connectivity index (χ3n) is 7.26. The summed E-state index contributed by atoms with van der Waals surface area (Å²) in [4.78, 5) is 32.8. The van der Waals surface area contributed by atoms with Gasteiger partial charge in [-0.2, -0.15) is 0 Å².